The van der Waals surface area contributed by atoms with Gasteiger partial charge in [0.25, 0.3) is 0 Å². The molecule has 5 nitrogen and oxygen atoms in total. The Morgan fingerprint density at radius 3 is 2.40 bits per heavy atom. The molecular formula is C20H24N2O3. The zero-order valence-corrected chi connectivity index (χ0v) is 14.9. The van der Waals surface area contributed by atoms with E-state index in [0.717, 1.165) is 30.3 Å². The van der Waals surface area contributed by atoms with Crippen LogP contribution in [-0.4, -0.2) is 44.2 Å². The van der Waals surface area contributed by atoms with E-state index in [1.807, 2.05) is 60.4 Å². The summed E-state index contributed by atoms with van der Waals surface area (Å²) in [5.74, 6) is 1.72. The third-order valence-electron chi connectivity index (χ3n) is 4.69. The fourth-order valence-corrected chi connectivity index (χ4v) is 3.13. The lowest BCUT2D eigenvalue weighted by atomic mass is 10.1. The minimum Gasteiger partial charge on any atom is -0.497 e. The number of piperazine rings is 1. The SMILES string of the molecule is COc1ccc(CN2CCN(c3cccc(OC)c3)C(=O)C2C)cc1. The van der Waals surface area contributed by atoms with Crippen molar-refractivity contribution < 1.29 is 14.3 Å². The molecule has 0 bridgehead atoms. The minimum atomic E-state index is -0.165. The lowest BCUT2D eigenvalue weighted by Crippen LogP contribution is -2.55. The van der Waals surface area contributed by atoms with Crippen LogP contribution in [0, 0.1) is 0 Å². The van der Waals surface area contributed by atoms with Crippen LogP contribution < -0.4 is 14.4 Å². The number of methoxy groups -OCH3 is 2. The molecule has 1 aliphatic heterocycles. The van der Waals surface area contributed by atoms with Crippen LogP contribution in [0.3, 0.4) is 0 Å². The van der Waals surface area contributed by atoms with Crippen LogP contribution in [0.1, 0.15) is 12.5 Å². The van der Waals surface area contributed by atoms with Gasteiger partial charge in [0.05, 0.1) is 20.3 Å². The fraction of sp³-hybridized carbons (Fsp3) is 0.350. The molecule has 1 amide bonds. The average molecular weight is 340 g/mol. The molecule has 0 radical (unpaired) electrons. The van der Waals surface area contributed by atoms with Gasteiger partial charge in [-0.2, -0.15) is 0 Å². The zero-order chi connectivity index (χ0) is 17.8. The maximum Gasteiger partial charge on any atom is 0.244 e. The summed E-state index contributed by atoms with van der Waals surface area (Å²) in [4.78, 5) is 16.9. The van der Waals surface area contributed by atoms with Crippen molar-refractivity contribution in [1.82, 2.24) is 4.90 Å². The first-order valence-corrected chi connectivity index (χ1v) is 8.45. The van der Waals surface area contributed by atoms with Crippen molar-refractivity contribution in [3.05, 3.63) is 54.1 Å². The molecule has 1 unspecified atom stereocenters. The number of nitrogens with zero attached hydrogens (tertiary/aromatic N) is 2. The minimum absolute atomic E-state index is 0.119. The van der Waals surface area contributed by atoms with Gasteiger partial charge < -0.3 is 14.4 Å². The van der Waals surface area contributed by atoms with Gasteiger partial charge in [0.1, 0.15) is 11.5 Å². The molecule has 132 valence electrons. The molecule has 1 aliphatic rings. The fourth-order valence-electron chi connectivity index (χ4n) is 3.13. The van der Waals surface area contributed by atoms with Crippen LogP contribution in [0.2, 0.25) is 0 Å². The van der Waals surface area contributed by atoms with Crippen molar-refractivity contribution in [1.29, 1.82) is 0 Å². The van der Waals surface area contributed by atoms with E-state index >= 15 is 0 Å². The largest absolute Gasteiger partial charge is 0.497 e. The number of benzene rings is 2. The highest BCUT2D eigenvalue weighted by Gasteiger charge is 2.32. The number of ether oxygens (including phenoxy) is 2. The Morgan fingerprint density at radius 1 is 1.00 bits per heavy atom. The first-order chi connectivity index (χ1) is 12.1. The first kappa shape index (κ1) is 17.3. The average Bonchev–Trinajstić information content (AvgIpc) is 2.66. The summed E-state index contributed by atoms with van der Waals surface area (Å²) < 4.78 is 10.5. The third kappa shape index (κ3) is 3.77. The Balaban J connectivity index is 1.70. The van der Waals surface area contributed by atoms with Crippen molar-refractivity contribution in [2.45, 2.75) is 19.5 Å². The normalized spacial score (nSPS) is 18.3. The second-order valence-corrected chi connectivity index (χ2v) is 6.19. The second-order valence-electron chi connectivity index (χ2n) is 6.19. The molecule has 0 aliphatic carbocycles. The zero-order valence-electron chi connectivity index (χ0n) is 14.9. The summed E-state index contributed by atoms with van der Waals surface area (Å²) in [7, 11) is 3.30. The maximum absolute atomic E-state index is 12.8. The van der Waals surface area contributed by atoms with Gasteiger partial charge >= 0.3 is 0 Å². The Morgan fingerprint density at radius 2 is 1.72 bits per heavy atom. The van der Waals surface area contributed by atoms with Crippen molar-refractivity contribution in [2.75, 3.05) is 32.2 Å². The molecule has 0 N–H and O–H groups in total. The summed E-state index contributed by atoms with van der Waals surface area (Å²) in [6.07, 6.45) is 0. The van der Waals surface area contributed by atoms with Gasteiger partial charge in [-0.15, -0.1) is 0 Å². The third-order valence-corrected chi connectivity index (χ3v) is 4.69. The van der Waals surface area contributed by atoms with Crippen molar-refractivity contribution in [3.63, 3.8) is 0 Å². The molecule has 2 aromatic carbocycles. The summed E-state index contributed by atoms with van der Waals surface area (Å²) in [5, 5.41) is 0. The number of amides is 1. The van der Waals surface area contributed by atoms with Crippen molar-refractivity contribution >= 4 is 11.6 Å². The van der Waals surface area contributed by atoms with Crippen LogP contribution in [-0.2, 0) is 11.3 Å². The number of carbonyl (C=O) groups is 1. The van der Waals surface area contributed by atoms with Gasteiger partial charge in [-0.25, -0.2) is 0 Å². The predicted octanol–water partition coefficient (Wildman–Crippen LogP) is 2.94. The molecule has 3 rings (SSSR count). The predicted molar refractivity (Wildman–Crippen MR) is 98.2 cm³/mol. The highest BCUT2D eigenvalue weighted by molar-refractivity contribution is 5.97. The molecule has 1 saturated heterocycles. The Bertz CT molecular complexity index is 730. The number of carbonyl (C=O) groups excluding carboxylic acids is 1. The molecule has 0 aromatic heterocycles. The molecule has 1 heterocycles. The molecule has 25 heavy (non-hydrogen) atoms. The van der Waals surface area contributed by atoms with E-state index in [-0.39, 0.29) is 11.9 Å². The number of anilines is 1. The summed E-state index contributed by atoms with van der Waals surface area (Å²) in [6.45, 7) is 4.23. The van der Waals surface area contributed by atoms with E-state index in [9.17, 15) is 4.79 Å². The molecule has 1 atom stereocenters. The van der Waals surface area contributed by atoms with Gasteiger partial charge in [-0.1, -0.05) is 18.2 Å². The lowest BCUT2D eigenvalue weighted by Gasteiger charge is -2.39. The van der Waals surface area contributed by atoms with E-state index < -0.39 is 0 Å². The number of hydrogen-bond acceptors (Lipinski definition) is 4. The van der Waals surface area contributed by atoms with Crippen LogP contribution in [0.4, 0.5) is 5.69 Å². The van der Waals surface area contributed by atoms with Gasteiger partial charge in [-0.3, -0.25) is 9.69 Å². The van der Waals surface area contributed by atoms with Crippen LogP contribution in [0.25, 0.3) is 0 Å². The lowest BCUT2D eigenvalue weighted by molar-refractivity contribution is -0.125. The number of rotatable bonds is 5. The molecule has 1 fully saturated rings. The Labute approximate surface area is 148 Å². The molecule has 5 heteroatoms. The smallest absolute Gasteiger partial charge is 0.244 e. The molecule has 0 saturated carbocycles. The molecular weight excluding hydrogens is 316 g/mol. The van der Waals surface area contributed by atoms with Crippen LogP contribution in [0.15, 0.2) is 48.5 Å². The first-order valence-electron chi connectivity index (χ1n) is 8.45. The van der Waals surface area contributed by atoms with E-state index in [0.29, 0.717) is 6.54 Å². The Kier molecular flexibility index (Phi) is 5.24. The van der Waals surface area contributed by atoms with Crippen LogP contribution >= 0.6 is 0 Å². The standard InChI is InChI=1S/C20H24N2O3/c1-15-20(23)22(17-5-4-6-19(13-17)25-3)12-11-21(15)14-16-7-9-18(24-2)10-8-16/h4-10,13,15H,11-12,14H2,1-3H3. The van der Waals surface area contributed by atoms with E-state index in [2.05, 4.69) is 4.90 Å². The van der Waals surface area contributed by atoms with Crippen molar-refractivity contribution in [2.24, 2.45) is 0 Å². The quantitative estimate of drug-likeness (QED) is 0.839. The second kappa shape index (κ2) is 7.57. The highest BCUT2D eigenvalue weighted by atomic mass is 16.5. The van der Waals surface area contributed by atoms with E-state index in [1.54, 1.807) is 14.2 Å². The van der Waals surface area contributed by atoms with Gasteiger partial charge in [0.2, 0.25) is 5.91 Å². The van der Waals surface area contributed by atoms with Crippen LogP contribution in [0.5, 0.6) is 11.5 Å². The monoisotopic (exact) mass is 340 g/mol. The topological polar surface area (TPSA) is 42.0 Å². The highest BCUT2D eigenvalue weighted by Crippen LogP contribution is 2.25. The summed E-state index contributed by atoms with van der Waals surface area (Å²) in [6, 6.07) is 15.5. The van der Waals surface area contributed by atoms with Gasteiger partial charge in [-0.05, 0) is 36.8 Å². The van der Waals surface area contributed by atoms with Gasteiger partial charge in [0, 0.05) is 31.4 Å². The van der Waals surface area contributed by atoms with E-state index in [4.69, 9.17) is 9.47 Å². The summed E-state index contributed by atoms with van der Waals surface area (Å²) >= 11 is 0. The van der Waals surface area contributed by atoms with Crippen molar-refractivity contribution in [3.8, 4) is 11.5 Å². The van der Waals surface area contributed by atoms with Gasteiger partial charge in [0.15, 0.2) is 0 Å². The maximum atomic E-state index is 12.8. The molecule has 2 aromatic rings. The molecule has 0 spiro atoms. The van der Waals surface area contributed by atoms with E-state index in [1.165, 1.54) is 5.56 Å². The Hall–Kier alpha value is -2.53. The summed E-state index contributed by atoms with van der Waals surface area (Å²) in [5.41, 5.74) is 2.07. The number of hydrogen-bond donors (Lipinski definition) is 0.